The minimum Gasteiger partial charge on any atom is -0.342 e. The molecule has 3 rings (SSSR count). The summed E-state index contributed by atoms with van der Waals surface area (Å²) in [5, 5.41) is 17.9. The zero-order valence-corrected chi connectivity index (χ0v) is 14.0. The van der Waals surface area contributed by atoms with Crippen LogP contribution in [0, 0.1) is 6.92 Å². The first kappa shape index (κ1) is 16.3. The van der Waals surface area contributed by atoms with Crippen molar-refractivity contribution in [3.63, 3.8) is 0 Å². The molecule has 1 saturated heterocycles. The molecule has 0 unspecified atom stereocenters. The van der Waals surface area contributed by atoms with Crippen LogP contribution in [0.4, 0.5) is 0 Å². The van der Waals surface area contributed by atoms with Crippen molar-refractivity contribution in [2.75, 3.05) is 13.1 Å². The van der Waals surface area contributed by atoms with Gasteiger partial charge in [0.05, 0.1) is 6.54 Å². The van der Waals surface area contributed by atoms with E-state index >= 15 is 0 Å². The van der Waals surface area contributed by atoms with E-state index in [-0.39, 0.29) is 17.5 Å². The van der Waals surface area contributed by atoms with Crippen molar-refractivity contribution < 1.29 is 4.79 Å². The topological polar surface area (TPSA) is 115 Å². The maximum Gasteiger partial charge on any atom is 0.343 e. The van der Waals surface area contributed by atoms with Gasteiger partial charge in [-0.1, -0.05) is 0 Å². The van der Waals surface area contributed by atoms with Crippen LogP contribution < -0.4 is 5.69 Å². The third kappa shape index (κ3) is 3.22. The summed E-state index contributed by atoms with van der Waals surface area (Å²) in [6, 6.07) is 0. The molecule has 0 aromatic carbocycles. The Labute approximate surface area is 138 Å². The lowest BCUT2D eigenvalue weighted by molar-refractivity contribution is -0.132. The Balaban J connectivity index is 1.63. The van der Waals surface area contributed by atoms with Gasteiger partial charge in [-0.05, 0) is 37.1 Å². The molecular weight excluding hydrogens is 312 g/mol. The van der Waals surface area contributed by atoms with Crippen LogP contribution in [0.15, 0.2) is 4.79 Å². The lowest BCUT2D eigenvalue weighted by atomic mass is 9.97. The summed E-state index contributed by atoms with van der Waals surface area (Å²) in [7, 11) is 0. The molecule has 0 radical (unpaired) electrons. The van der Waals surface area contributed by atoms with Crippen molar-refractivity contribution in [2.24, 2.45) is 0 Å². The highest BCUT2D eigenvalue weighted by molar-refractivity contribution is 5.76. The molecule has 1 N–H and O–H groups in total. The molecule has 1 fully saturated rings. The molecule has 1 aliphatic rings. The minimum atomic E-state index is -0.190. The summed E-state index contributed by atoms with van der Waals surface area (Å²) in [6.07, 6.45) is 2.20. The number of aromatic nitrogens is 7. The number of piperidine rings is 1. The van der Waals surface area contributed by atoms with Crippen LogP contribution in [0.25, 0.3) is 0 Å². The molecule has 2 aromatic rings. The number of hydrogen-bond acceptors (Lipinski definition) is 6. The van der Waals surface area contributed by atoms with Gasteiger partial charge in [-0.2, -0.15) is 5.10 Å². The van der Waals surface area contributed by atoms with E-state index in [1.165, 1.54) is 0 Å². The highest BCUT2D eigenvalue weighted by atomic mass is 16.2. The average Bonchev–Trinajstić information content (AvgIpc) is 3.18. The van der Waals surface area contributed by atoms with Gasteiger partial charge < -0.3 is 4.90 Å². The molecule has 0 aliphatic carbocycles. The minimum absolute atomic E-state index is 0.0792. The Bertz CT molecular complexity index is 761. The highest BCUT2D eigenvalue weighted by Crippen LogP contribution is 2.25. The predicted octanol–water partition coefficient (Wildman–Crippen LogP) is -0.317. The maximum absolute atomic E-state index is 12.5. The fourth-order valence-electron chi connectivity index (χ4n) is 3.18. The third-order valence-corrected chi connectivity index (χ3v) is 4.49. The molecular formula is C14H22N8O2. The Hall–Kier alpha value is -2.52. The van der Waals surface area contributed by atoms with Crippen LogP contribution in [-0.2, 0) is 17.9 Å². The Morgan fingerprint density at radius 2 is 2.25 bits per heavy atom. The zero-order valence-electron chi connectivity index (χ0n) is 14.0. The lowest BCUT2D eigenvalue weighted by Crippen LogP contribution is -2.40. The fraction of sp³-hybridized carbons (Fsp3) is 0.714. The molecule has 10 heteroatoms. The lowest BCUT2D eigenvalue weighted by Gasteiger charge is -2.32. The molecule has 130 valence electrons. The van der Waals surface area contributed by atoms with E-state index in [0.29, 0.717) is 31.9 Å². The number of nitrogens with zero attached hydrogens (tertiary/aromatic N) is 7. The number of hydrogen-bond donors (Lipinski definition) is 1. The van der Waals surface area contributed by atoms with Crippen LogP contribution in [0.5, 0.6) is 0 Å². The van der Waals surface area contributed by atoms with Crippen molar-refractivity contribution >= 4 is 5.91 Å². The molecule has 0 spiro atoms. The van der Waals surface area contributed by atoms with Crippen LogP contribution in [0.1, 0.15) is 43.8 Å². The highest BCUT2D eigenvalue weighted by Gasteiger charge is 2.28. The van der Waals surface area contributed by atoms with Gasteiger partial charge in [0.1, 0.15) is 11.6 Å². The number of aryl methyl sites for hydroxylation is 2. The molecule has 3 heterocycles. The van der Waals surface area contributed by atoms with E-state index in [1.807, 2.05) is 18.7 Å². The first-order chi connectivity index (χ1) is 11.6. The standard InChI is InChI=1S/C14H22N8O2/c1-3-21-13(16-17-14(21)24)11-5-4-7-20(9-11)12(23)6-8-22-10(2)15-18-19-22/h11H,3-9H2,1-2H3,(H,17,24)/t11-/m0/s1. The number of H-pyrrole nitrogens is 1. The number of carbonyl (C=O) groups is 1. The van der Waals surface area contributed by atoms with Crippen molar-refractivity contribution in [2.45, 2.75) is 52.1 Å². The third-order valence-electron chi connectivity index (χ3n) is 4.49. The van der Waals surface area contributed by atoms with E-state index in [1.54, 1.807) is 9.25 Å². The van der Waals surface area contributed by atoms with Crippen molar-refractivity contribution in [1.82, 2.24) is 39.9 Å². The number of aromatic amines is 1. The fourth-order valence-corrected chi connectivity index (χ4v) is 3.18. The van der Waals surface area contributed by atoms with Gasteiger partial charge in [-0.25, -0.2) is 14.6 Å². The van der Waals surface area contributed by atoms with E-state index in [2.05, 4.69) is 25.7 Å². The van der Waals surface area contributed by atoms with Gasteiger partial charge in [0.15, 0.2) is 0 Å². The van der Waals surface area contributed by atoms with Crippen LogP contribution in [0.3, 0.4) is 0 Å². The molecule has 0 saturated carbocycles. The van der Waals surface area contributed by atoms with Gasteiger partial charge in [0, 0.05) is 32.0 Å². The Morgan fingerprint density at radius 1 is 1.42 bits per heavy atom. The van der Waals surface area contributed by atoms with Crippen molar-refractivity contribution in [3.8, 4) is 0 Å². The second-order valence-electron chi connectivity index (χ2n) is 6.01. The van der Waals surface area contributed by atoms with Gasteiger partial charge in [-0.15, -0.1) is 5.10 Å². The summed E-state index contributed by atoms with van der Waals surface area (Å²) < 4.78 is 3.27. The quantitative estimate of drug-likeness (QED) is 0.801. The van der Waals surface area contributed by atoms with Gasteiger partial charge >= 0.3 is 5.69 Å². The summed E-state index contributed by atoms with van der Waals surface area (Å²) in [5.74, 6) is 1.62. The SMILES string of the molecule is CCn1c([C@H]2CCCN(C(=O)CCn3nnnc3C)C2)n[nH]c1=O. The van der Waals surface area contributed by atoms with Crippen LogP contribution in [0.2, 0.25) is 0 Å². The first-order valence-corrected chi connectivity index (χ1v) is 8.25. The summed E-state index contributed by atoms with van der Waals surface area (Å²) in [5.41, 5.74) is -0.190. The first-order valence-electron chi connectivity index (χ1n) is 8.25. The summed E-state index contributed by atoms with van der Waals surface area (Å²) in [6.45, 7) is 6.11. The number of amides is 1. The number of nitrogens with one attached hydrogen (secondary N) is 1. The number of tetrazole rings is 1. The molecule has 1 amide bonds. The summed E-state index contributed by atoms with van der Waals surface area (Å²) in [4.78, 5) is 26.1. The van der Waals surface area contributed by atoms with E-state index in [9.17, 15) is 9.59 Å². The molecule has 1 atom stereocenters. The van der Waals surface area contributed by atoms with Crippen LogP contribution in [-0.4, -0.2) is 58.9 Å². The molecule has 1 aliphatic heterocycles. The molecule has 2 aromatic heterocycles. The Morgan fingerprint density at radius 3 is 2.96 bits per heavy atom. The summed E-state index contributed by atoms with van der Waals surface area (Å²) >= 11 is 0. The number of likely N-dealkylation sites (tertiary alicyclic amines) is 1. The Kier molecular flexibility index (Phi) is 4.72. The monoisotopic (exact) mass is 334 g/mol. The van der Waals surface area contributed by atoms with E-state index in [0.717, 1.165) is 25.2 Å². The van der Waals surface area contributed by atoms with Crippen molar-refractivity contribution in [1.29, 1.82) is 0 Å². The van der Waals surface area contributed by atoms with Gasteiger partial charge in [0.2, 0.25) is 5.91 Å². The van der Waals surface area contributed by atoms with E-state index in [4.69, 9.17) is 0 Å². The second kappa shape index (κ2) is 6.93. The molecule has 24 heavy (non-hydrogen) atoms. The van der Waals surface area contributed by atoms with E-state index < -0.39 is 0 Å². The average molecular weight is 334 g/mol. The predicted molar refractivity (Wildman–Crippen MR) is 84.2 cm³/mol. The van der Waals surface area contributed by atoms with Gasteiger partial charge in [-0.3, -0.25) is 9.36 Å². The molecule has 10 nitrogen and oxygen atoms in total. The van der Waals surface area contributed by atoms with Crippen molar-refractivity contribution in [3.05, 3.63) is 22.1 Å². The van der Waals surface area contributed by atoms with Crippen LogP contribution >= 0.6 is 0 Å². The normalized spacial score (nSPS) is 18.1. The maximum atomic E-state index is 12.5. The largest absolute Gasteiger partial charge is 0.343 e. The van der Waals surface area contributed by atoms with Gasteiger partial charge in [0.25, 0.3) is 0 Å². The second-order valence-corrected chi connectivity index (χ2v) is 6.01. The number of carbonyl (C=O) groups excluding carboxylic acids is 1. The zero-order chi connectivity index (χ0) is 17.1. The number of rotatable bonds is 5. The smallest absolute Gasteiger partial charge is 0.342 e. The molecule has 0 bridgehead atoms.